The van der Waals surface area contributed by atoms with Crippen LogP contribution >= 0.6 is 11.8 Å². The Morgan fingerprint density at radius 2 is 2.56 bits per heavy atom. The van der Waals surface area contributed by atoms with Gasteiger partial charge in [0.1, 0.15) is 5.03 Å². The average Bonchev–Trinajstić information content (AvgIpc) is 2.46. The Kier molecular flexibility index (Phi) is 4.57. The second-order valence-electron chi connectivity index (χ2n) is 3.97. The van der Waals surface area contributed by atoms with Gasteiger partial charge in [0.15, 0.2) is 0 Å². The lowest BCUT2D eigenvalue weighted by molar-refractivity contribution is -0.0185. The second-order valence-corrected chi connectivity index (χ2v) is 4.77. The number of thioether (sulfide) groups is 1. The zero-order valence-electron chi connectivity index (χ0n) is 10.2. The lowest BCUT2D eigenvalue weighted by atomic mass is 10.2. The third kappa shape index (κ3) is 2.66. The molecule has 1 unspecified atom stereocenters. The highest BCUT2D eigenvalue weighted by molar-refractivity contribution is 7.98. The first kappa shape index (κ1) is 13.3. The summed E-state index contributed by atoms with van der Waals surface area (Å²) in [5.41, 5.74) is 0.588. The van der Waals surface area contributed by atoms with E-state index in [2.05, 4.69) is 4.98 Å². The van der Waals surface area contributed by atoms with Crippen LogP contribution in [0.1, 0.15) is 10.4 Å². The number of ether oxygens (including phenoxy) is 1. The Bertz CT molecular complexity index is 428. The molecule has 1 aromatic heterocycles. The summed E-state index contributed by atoms with van der Waals surface area (Å²) in [7, 11) is 0. The fourth-order valence-electron chi connectivity index (χ4n) is 1.94. The van der Waals surface area contributed by atoms with Crippen molar-refractivity contribution in [3.05, 3.63) is 23.9 Å². The minimum Gasteiger partial charge on any atom is -0.394 e. The topological polar surface area (TPSA) is 62.7 Å². The molecular weight excluding hydrogens is 252 g/mol. The number of rotatable bonds is 3. The summed E-state index contributed by atoms with van der Waals surface area (Å²) in [5, 5.41) is 10.0. The Morgan fingerprint density at radius 3 is 3.28 bits per heavy atom. The molecular formula is C12H16N2O3S. The molecule has 1 N–H and O–H groups in total. The van der Waals surface area contributed by atoms with Gasteiger partial charge in [-0.2, -0.15) is 0 Å². The van der Waals surface area contributed by atoms with Crippen molar-refractivity contribution in [3.8, 4) is 0 Å². The average molecular weight is 268 g/mol. The van der Waals surface area contributed by atoms with E-state index >= 15 is 0 Å². The first-order valence-electron chi connectivity index (χ1n) is 5.76. The maximum absolute atomic E-state index is 12.5. The Hall–Kier alpha value is -1.11. The number of nitrogens with zero attached hydrogens (tertiary/aromatic N) is 2. The van der Waals surface area contributed by atoms with Gasteiger partial charge in [-0.1, -0.05) is 0 Å². The number of carbonyl (C=O) groups is 1. The number of morpholine rings is 1. The van der Waals surface area contributed by atoms with E-state index in [1.165, 1.54) is 11.8 Å². The number of amides is 1. The summed E-state index contributed by atoms with van der Waals surface area (Å²) in [5.74, 6) is -0.0881. The van der Waals surface area contributed by atoms with E-state index in [-0.39, 0.29) is 18.6 Å². The highest BCUT2D eigenvalue weighted by Gasteiger charge is 2.28. The molecule has 6 heteroatoms. The van der Waals surface area contributed by atoms with Crippen LogP contribution in [0.4, 0.5) is 0 Å². The van der Waals surface area contributed by atoms with E-state index in [9.17, 15) is 9.90 Å². The fourth-order valence-corrected chi connectivity index (χ4v) is 2.49. The summed E-state index contributed by atoms with van der Waals surface area (Å²) >= 11 is 1.44. The van der Waals surface area contributed by atoms with Gasteiger partial charge in [0.25, 0.3) is 5.91 Å². The number of hydrogen-bond acceptors (Lipinski definition) is 5. The monoisotopic (exact) mass is 268 g/mol. The van der Waals surface area contributed by atoms with E-state index < -0.39 is 0 Å². The molecule has 1 aliphatic rings. The zero-order chi connectivity index (χ0) is 13.0. The molecule has 0 aromatic carbocycles. The lowest BCUT2D eigenvalue weighted by Crippen LogP contribution is -2.50. The molecule has 1 aromatic rings. The van der Waals surface area contributed by atoms with Crippen LogP contribution in [0.15, 0.2) is 23.4 Å². The molecule has 98 valence electrons. The maximum atomic E-state index is 12.5. The van der Waals surface area contributed by atoms with E-state index in [4.69, 9.17) is 4.74 Å². The summed E-state index contributed by atoms with van der Waals surface area (Å²) in [6.45, 7) is 1.32. The minimum absolute atomic E-state index is 0.0827. The molecule has 1 fully saturated rings. The quantitative estimate of drug-likeness (QED) is 0.815. The van der Waals surface area contributed by atoms with Crippen molar-refractivity contribution in [2.75, 3.05) is 32.6 Å². The van der Waals surface area contributed by atoms with Crippen LogP contribution < -0.4 is 0 Å². The number of aliphatic hydroxyl groups excluding tert-OH is 1. The van der Waals surface area contributed by atoms with E-state index in [1.807, 2.05) is 6.26 Å². The molecule has 0 bridgehead atoms. The summed E-state index contributed by atoms with van der Waals surface area (Å²) in [6.07, 6.45) is 3.56. The Balaban J connectivity index is 2.24. The lowest BCUT2D eigenvalue weighted by Gasteiger charge is -2.34. The van der Waals surface area contributed by atoms with Crippen molar-refractivity contribution >= 4 is 17.7 Å². The number of aliphatic hydroxyl groups is 1. The Morgan fingerprint density at radius 1 is 1.72 bits per heavy atom. The molecule has 18 heavy (non-hydrogen) atoms. The number of hydrogen-bond donors (Lipinski definition) is 1. The van der Waals surface area contributed by atoms with Gasteiger partial charge in [-0.15, -0.1) is 11.8 Å². The summed E-state index contributed by atoms with van der Waals surface area (Å²) < 4.78 is 5.27. The van der Waals surface area contributed by atoms with Gasteiger partial charge in [0.2, 0.25) is 0 Å². The highest BCUT2D eigenvalue weighted by atomic mass is 32.2. The summed E-state index contributed by atoms with van der Waals surface area (Å²) in [4.78, 5) is 18.3. The molecule has 2 rings (SSSR count). The molecule has 0 spiro atoms. The van der Waals surface area contributed by atoms with E-state index in [1.54, 1.807) is 23.2 Å². The van der Waals surface area contributed by atoms with Crippen LogP contribution in [0.3, 0.4) is 0 Å². The van der Waals surface area contributed by atoms with Gasteiger partial charge < -0.3 is 14.7 Å². The number of pyridine rings is 1. The van der Waals surface area contributed by atoms with Crippen molar-refractivity contribution in [1.82, 2.24) is 9.88 Å². The zero-order valence-corrected chi connectivity index (χ0v) is 11.0. The van der Waals surface area contributed by atoms with Gasteiger partial charge in [0, 0.05) is 12.7 Å². The van der Waals surface area contributed by atoms with Crippen LogP contribution in [0.25, 0.3) is 0 Å². The minimum atomic E-state index is -0.263. The highest BCUT2D eigenvalue weighted by Crippen LogP contribution is 2.20. The smallest absolute Gasteiger partial charge is 0.257 e. The van der Waals surface area contributed by atoms with Crippen molar-refractivity contribution in [2.24, 2.45) is 0 Å². The van der Waals surface area contributed by atoms with Crippen LogP contribution in [0.2, 0.25) is 0 Å². The van der Waals surface area contributed by atoms with Crippen molar-refractivity contribution < 1.29 is 14.6 Å². The molecule has 5 nitrogen and oxygen atoms in total. The molecule has 0 saturated carbocycles. The van der Waals surface area contributed by atoms with E-state index in [0.717, 1.165) is 0 Å². The predicted molar refractivity (Wildman–Crippen MR) is 68.7 cm³/mol. The molecule has 1 saturated heterocycles. The first-order chi connectivity index (χ1) is 8.77. The number of carbonyl (C=O) groups excluding carboxylic acids is 1. The van der Waals surface area contributed by atoms with Crippen molar-refractivity contribution in [1.29, 1.82) is 0 Å². The van der Waals surface area contributed by atoms with Gasteiger partial charge in [-0.3, -0.25) is 4.79 Å². The van der Waals surface area contributed by atoms with Gasteiger partial charge in [-0.05, 0) is 18.4 Å². The fraction of sp³-hybridized carbons (Fsp3) is 0.500. The standard InChI is InChI=1S/C12H16N2O3S/c1-18-11-10(3-2-4-13-11)12(16)14-5-6-17-8-9(14)7-15/h2-4,9,15H,5-8H2,1H3. The van der Waals surface area contributed by atoms with Crippen molar-refractivity contribution in [2.45, 2.75) is 11.1 Å². The van der Waals surface area contributed by atoms with Crippen LogP contribution in [0.5, 0.6) is 0 Å². The van der Waals surface area contributed by atoms with Crippen LogP contribution in [0, 0.1) is 0 Å². The molecule has 1 aliphatic heterocycles. The van der Waals surface area contributed by atoms with Crippen molar-refractivity contribution in [3.63, 3.8) is 0 Å². The SMILES string of the molecule is CSc1ncccc1C(=O)N1CCOCC1CO. The first-order valence-corrected chi connectivity index (χ1v) is 6.99. The maximum Gasteiger partial charge on any atom is 0.257 e. The molecule has 0 radical (unpaired) electrons. The molecule has 2 heterocycles. The normalized spacial score (nSPS) is 19.9. The van der Waals surface area contributed by atoms with Crippen LogP contribution in [-0.4, -0.2) is 59.6 Å². The van der Waals surface area contributed by atoms with Gasteiger partial charge in [0.05, 0.1) is 31.4 Å². The predicted octanol–water partition coefficient (Wildman–Crippen LogP) is 0.637. The third-order valence-corrected chi connectivity index (χ3v) is 3.61. The number of aromatic nitrogens is 1. The van der Waals surface area contributed by atoms with Gasteiger partial charge in [-0.25, -0.2) is 4.98 Å². The second kappa shape index (κ2) is 6.17. The molecule has 1 amide bonds. The molecule has 1 atom stereocenters. The van der Waals surface area contributed by atoms with E-state index in [0.29, 0.717) is 30.3 Å². The van der Waals surface area contributed by atoms with Crippen LogP contribution in [-0.2, 0) is 4.74 Å². The third-order valence-electron chi connectivity index (χ3n) is 2.89. The molecule has 0 aliphatic carbocycles. The largest absolute Gasteiger partial charge is 0.394 e. The Labute approximate surface area is 110 Å². The summed E-state index contributed by atoms with van der Waals surface area (Å²) in [6, 6.07) is 3.26. The van der Waals surface area contributed by atoms with Gasteiger partial charge >= 0.3 is 0 Å².